The highest BCUT2D eigenvalue weighted by molar-refractivity contribution is 7.92. The molecule has 0 saturated carbocycles. The monoisotopic (exact) mass is 290 g/mol. The first-order chi connectivity index (χ1) is 9.44. The lowest BCUT2D eigenvalue weighted by Gasteiger charge is -2.13. The summed E-state index contributed by atoms with van der Waals surface area (Å²) in [5.41, 5.74) is 3.67. The fourth-order valence-electron chi connectivity index (χ4n) is 1.95. The van der Waals surface area contributed by atoms with Gasteiger partial charge in [0.2, 0.25) is 10.0 Å². The molecule has 2 rings (SSSR count). The standard InChI is InChI=1S/C15H18N2O2S/c1-12-6-5-7-13(10-12)11-16-14-8-3-4-9-15(14)17-20(2,18)19/h3-10,16-17H,11H2,1-2H3. The zero-order valence-corrected chi connectivity index (χ0v) is 12.4. The summed E-state index contributed by atoms with van der Waals surface area (Å²) in [5, 5.41) is 3.25. The van der Waals surface area contributed by atoms with Gasteiger partial charge in [-0.25, -0.2) is 8.42 Å². The third-order valence-electron chi connectivity index (χ3n) is 2.79. The minimum absolute atomic E-state index is 0.558. The maximum absolute atomic E-state index is 11.3. The smallest absolute Gasteiger partial charge is 0.229 e. The van der Waals surface area contributed by atoms with E-state index in [9.17, 15) is 8.42 Å². The van der Waals surface area contributed by atoms with Crippen molar-refractivity contribution in [2.24, 2.45) is 0 Å². The van der Waals surface area contributed by atoms with E-state index in [4.69, 9.17) is 0 Å². The molecule has 0 unspecified atom stereocenters. The minimum Gasteiger partial charge on any atom is -0.379 e. The van der Waals surface area contributed by atoms with Crippen LogP contribution in [-0.2, 0) is 16.6 Å². The van der Waals surface area contributed by atoms with Crippen LogP contribution >= 0.6 is 0 Å². The summed E-state index contributed by atoms with van der Waals surface area (Å²) in [6.45, 7) is 2.69. The van der Waals surface area contributed by atoms with Gasteiger partial charge in [0, 0.05) is 6.54 Å². The van der Waals surface area contributed by atoms with Crippen molar-refractivity contribution in [2.75, 3.05) is 16.3 Å². The van der Waals surface area contributed by atoms with Gasteiger partial charge in [0.1, 0.15) is 0 Å². The van der Waals surface area contributed by atoms with Crippen molar-refractivity contribution in [3.63, 3.8) is 0 Å². The minimum atomic E-state index is -3.28. The van der Waals surface area contributed by atoms with Gasteiger partial charge < -0.3 is 5.32 Å². The van der Waals surface area contributed by atoms with Crippen LogP contribution < -0.4 is 10.0 Å². The molecule has 0 heterocycles. The molecular weight excluding hydrogens is 272 g/mol. The predicted molar refractivity (Wildman–Crippen MR) is 83.4 cm³/mol. The van der Waals surface area contributed by atoms with E-state index in [1.165, 1.54) is 5.56 Å². The lowest BCUT2D eigenvalue weighted by molar-refractivity contribution is 0.607. The molecule has 0 aromatic heterocycles. The predicted octanol–water partition coefficient (Wildman–Crippen LogP) is 2.98. The molecule has 0 amide bonds. The fourth-order valence-corrected chi connectivity index (χ4v) is 2.52. The first-order valence-electron chi connectivity index (χ1n) is 6.30. The number of nitrogens with one attached hydrogen (secondary N) is 2. The van der Waals surface area contributed by atoms with E-state index in [-0.39, 0.29) is 0 Å². The van der Waals surface area contributed by atoms with Crippen LogP contribution in [0.3, 0.4) is 0 Å². The Kier molecular flexibility index (Phi) is 4.29. The van der Waals surface area contributed by atoms with Gasteiger partial charge in [-0.05, 0) is 24.6 Å². The summed E-state index contributed by atoms with van der Waals surface area (Å²) in [6, 6.07) is 15.4. The normalized spacial score (nSPS) is 11.1. The van der Waals surface area contributed by atoms with Gasteiger partial charge in [-0.15, -0.1) is 0 Å². The largest absolute Gasteiger partial charge is 0.379 e. The van der Waals surface area contributed by atoms with Gasteiger partial charge in [0.05, 0.1) is 17.6 Å². The van der Waals surface area contributed by atoms with Crippen LogP contribution in [0, 0.1) is 6.92 Å². The van der Waals surface area contributed by atoms with Gasteiger partial charge >= 0.3 is 0 Å². The molecule has 106 valence electrons. The van der Waals surface area contributed by atoms with Crippen LogP contribution in [0.15, 0.2) is 48.5 Å². The van der Waals surface area contributed by atoms with Crippen molar-refractivity contribution in [2.45, 2.75) is 13.5 Å². The van der Waals surface area contributed by atoms with E-state index in [0.29, 0.717) is 12.2 Å². The topological polar surface area (TPSA) is 58.2 Å². The molecular formula is C15H18N2O2S. The van der Waals surface area contributed by atoms with Gasteiger partial charge in [0.15, 0.2) is 0 Å². The molecule has 2 N–H and O–H groups in total. The van der Waals surface area contributed by atoms with E-state index in [2.05, 4.69) is 16.1 Å². The van der Waals surface area contributed by atoms with Crippen molar-refractivity contribution in [1.29, 1.82) is 0 Å². The van der Waals surface area contributed by atoms with Gasteiger partial charge in [-0.2, -0.15) is 0 Å². The zero-order valence-electron chi connectivity index (χ0n) is 11.6. The SMILES string of the molecule is Cc1cccc(CNc2ccccc2NS(C)(=O)=O)c1. The van der Waals surface area contributed by atoms with E-state index in [1.54, 1.807) is 12.1 Å². The Bertz CT molecular complexity index is 697. The Balaban J connectivity index is 2.13. The van der Waals surface area contributed by atoms with E-state index in [1.807, 2.05) is 37.3 Å². The molecule has 0 atom stereocenters. The van der Waals surface area contributed by atoms with Gasteiger partial charge in [0.25, 0.3) is 0 Å². The molecule has 0 radical (unpaired) electrons. The van der Waals surface area contributed by atoms with Crippen molar-refractivity contribution in [1.82, 2.24) is 0 Å². The van der Waals surface area contributed by atoms with Crippen LogP contribution in [0.1, 0.15) is 11.1 Å². The van der Waals surface area contributed by atoms with Crippen LogP contribution in [0.2, 0.25) is 0 Å². The molecule has 0 fully saturated rings. The maximum atomic E-state index is 11.3. The fraction of sp³-hybridized carbons (Fsp3) is 0.200. The van der Waals surface area contributed by atoms with Crippen molar-refractivity contribution in [3.05, 3.63) is 59.7 Å². The average Bonchev–Trinajstić information content (AvgIpc) is 2.36. The van der Waals surface area contributed by atoms with Crippen molar-refractivity contribution >= 4 is 21.4 Å². The van der Waals surface area contributed by atoms with Gasteiger partial charge in [-0.3, -0.25) is 4.72 Å². The molecule has 0 aliphatic rings. The quantitative estimate of drug-likeness (QED) is 0.890. The molecule has 0 saturated heterocycles. The Morgan fingerprint density at radius 2 is 1.70 bits per heavy atom. The van der Waals surface area contributed by atoms with Crippen LogP contribution in [0.25, 0.3) is 0 Å². The Labute approximate surface area is 119 Å². The Morgan fingerprint density at radius 3 is 2.35 bits per heavy atom. The lowest BCUT2D eigenvalue weighted by atomic mass is 10.1. The number of para-hydroxylation sites is 2. The van der Waals surface area contributed by atoms with Crippen LogP contribution in [-0.4, -0.2) is 14.7 Å². The Morgan fingerprint density at radius 1 is 1.00 bits per heavy atom. The summed E-state index contributed by atoms with van der Waals surface area (Å²) in [4.78, 5) is 0. The van der Waals surface area contributed by atoms with E-state index in [0.717, 1.165) is 17.5 Å². The first kappa shape index (κ1) is 14.4. The lowest BCUT2D eigenvalue weighted by Crippen LogP contribution is -2.11. The summed E-state index contributed by atoms with van der Waals surface area (Å²) < 4.78 is 25.2. The maximum Gasteiger partial charge on any atom is 0.229 e. The Hall–Kier alpha value is -2.01. The highest BCUT2D eigenvalue weighted by atomic mass is 32.2. The molecule has 5 heteroatoms. The number of sulfonamides is 1. The highest BCUT2D eigenvalue weighted by Crippen LogP contribution is 2.22. The number of rotatable bonds is 5. The summed E-state index contributed by atoms with van der Waals surface area (Å²) >= 11 is 0. The van der Waals surface area contributed by atoms with Crippen molar-refractivity contribution < 1.29 is 8.42 Å². The summed E-state index contributed by atoms with van der Waals surface area (Å²) in [6.07, 6.45) is 1.14. The summed E-state index contributed by atoms with van der Waals surface area (Å²) in [7, 11) is -3.28. The number of anilines is 2. The van der Waals surface area contributed by atoms with Crippen LogP contribution in [0.5, 0.6) is 0 Å². The number of hydrogen-bond donors (Lipinski definition) is 2. The van der Waals surface area contributed by atoms with Gasteiger partial charge in [-0.1, -0.05) is 42.0 Å². The number of aryl methyl sites for hydroxylation is 1. The second kappa shape index (κ2) is 5.96. The number of benzene rings is 2. The molecule has 0 spiro atoms. The van der Waals surface area contributed by atoms with Crippen LogP contribution in [0.4, 0.5) is 11.4 Å². The van der Waals surface area contributed by atoms with E-state index >= 15 is 0 Å². The van der Waals surface area contributed by atoms with Crippen molar-refractivity contribution in [3.8, 4) is 0 Å². The third-order valence-corrected chi connectivity index (χ3v) is 3.38. The highest BCUT2D eigenvalue weighted by Gasteiger charge is 2.06. The molecule has 0 bridgehead atoms. The number of hydrogen-bond acceptors (Lipinski definition) is 3. The summed E-state index contributed by atoms with van der Waals surface area (Å²) in [5.74, 6) is 0. The second-order valence-corrected chi connectivity index (χ2v) is 6.51. The molecule has 2 aromatic rings. The third kappa shape index (κ3) is 4.28. The molecule has 4 nitrogen and oxygen atoms in total. The molecule has 0 aliphatic heterocycles. The second-order valence-electron chi connectivity index (χ2n) is 4.76. The average molecular weight is 290 g/mol. The first-order valence-corrected chi connectivity index (χ1v) is 8.19. The van der Waals surface area contributed by atoms with E-state index < -0.39 is 10.0 Å². The molecule has 20 heavy (non-hydrogen) atoms. The zero-order chi connectivity index (χ0) is 14.6. The molecule has 0 aliphatic carbocycles. The molecule has 2 aromatic carbocycles.